The normalized spacial score (nSPS) is 10.8. The average molecular weight is 497 g/mol. The number of carbonyl (C=O) groups is 1. The number of carboxylic acids is 1. The summed E-state index contributed by atoms with van der Waals surface area (Å²) in [5.74, 6) is -0.240. The van der Waals surface area contributed by atoms with Gasteiger partial charge < -0.3 is 9.84 Å². The zero-order valence-electron chi connectivity index (χ0n) is 19.3. The van der Waals surface area contributed by atoms with Gasteiger partial charge in [0, 0.05) is 21.7 Å². The predicted molar refractivity (Wildman–Crippen MR) is 138 cm³/mol. The molecule has 36 heavy (non-hydrogen) atoms. The van der Waals surface area contributed by atoms with Gasteiger partial charge in [-0.1, -0.05) is 59.3 Å². The third-order valence-electron chi connectivity index (χ3n) is 5.73. The number of carboxylic acid groups (broad SMARTS) is 1. The molecular formula is C28H21ClN4O3. The van der Waals surface area contributed by atoms with Gasteiger partial charge in [0.15, 0.2) is 0 Å². The van der Waals surface area contributed by atoms with Gasteiger partial charge in [-0.25, -0.2) is 9.48 Å². The molecule has 0 aliphatic carbocycles. The summed E-state index contributed by atoms with van der Waals surface area (Å²) in [4.78, 5) is 15.7. The summed E-state index contributed by atoms with van der Waals surface area (Å²) in [5, 5.41) is 18.2. The maximum Gasteiger partial charge on any atom is 0.335 e. The summed E-state index contributed by atoms with van der Waals surface area (Å²) >= 11 is 6.23. The van der Waals surface area contributed by atoms with Crippen LogP contribution in [0.5, 0.6) is 5.75 Å². The monoisotopic (exact) mass is 496 g/mol. The Kier molecular flexibility index (Phi) is 6.47. The van der Waals surface area contributed by atoms with Crippen molar-refractivity contribution in [3.05, 3.63) is 113 Å². The zero-order chi connectivity index (χ0) is 25.1. The van der Waals surface area contributed by atoms with E-state index in [0.717, 1.165) is 39.4 Å². The van der Waals surface area contributed by atoms with Crippen LogP contribution in [0.4, 0.5) is 0 Å². The van der Waals surface area contributed by atoms with Crippen LogP contribution >= 0.6 is 11.6 Å². The van der Waals surface area contributed by atoms with Crippen molar-refractivity contribution < 1.29 is 14.6 Å². The van der Waals surface area contributed by atoms with Crippen molar-refractivity contribution in [2.75, 3.05) is 0 Å². The number of rotatable bonds is 7. The number of aryl methyl sites for hydroxylation is 1. The maximum absolute atomic E-state index is 11.1. The minimum atomic E-state index is -0.968. The van der Waals surface area contributed by atoms with E-state index >= 15 is 0 Å². The number of hydrogen-bond acceptors (Lipinski definition) is 5. The second-order valence-electron chi connectivity index (χ2n) is 8.19. The molecular weight excluding hydrogens is 476 g/mol. The van der Waals surface area contributed by atoms with Crippen LogP contribution in [0.1, 0.15) is 21.5 Å². The summed E-state index contributed by atoms with van der Waals surface area (Å²) in [6.07, 6.45) is 3.55. The van der Waals surface area contributed by atoms with Gasteiger partial charge in [-0.2, -0.15) is 0 Å². The van der Waals surface area contributed by atoms with Crippen molar-refractivity contribution in [2.45, 2.75) is 13.5 Å². The van der Waals surface area contributed by atoms with E-state index in [0.29, 0.717) is 17.3 Å². The van der Waals surface area contributed by atoms with Crippen molar-refractivity contribution in [1.29, 1.82) is 0 Å². The number of ether oxygens (including phenoxy) is 1. The molecule has 2 heterocycles. The van der Waals surface area contributed by atoms with Gasteiger partial charge in [0.2, 0.25) is 0 Å². The van der Waals surface area contributed by atoms with E-state index in [1.165, 1.54) is 0 Å². The zero-order valence-corrected chi connectivity index (χ0v) is 20.1. The molecule has 0 atom stereocenters. The molecule has 8 heteroatoms. The van der Waals surface area contributed by atoms with Gasteiger partial charge in [0.1, 0.15) is 18.1 Å². The van der Waals surface area contributed by atoms with Gasteiger partial charge in [-0.15, -0.1) is 5.10 Å². The molecule has 7 nitrogen and oxygen atoms in total. The van der Waals surface area contributed by atoms with Crippen molar-refractivity contribution in [3.63, 3.8) is 0 Å². The number of halogens is 1. The lowest BCUT2D eigenvalue weighted by Gasteiger charge is -2.10. The predicted octanol–water partition coefficient (Wildman–Crippen LogP) is 6.24. The standard InChI is InChI=1S/C28H21ClN4O3/c1-18-13-25(21-6-4-7-23(14-21)36-17-22-5-2-3-8-24(22)29)30-15-27(18)33-16-26(31-32-33)19-9-11-20(12-10-19)28(34)35/h2-16H,17H2,1H3,(H,34,35). The second kappa shape index (κ2) is 10.0. The molecule has 0 fully saturated rings. The second-order valence-corrected chi connectivity index (χ2v) is 8.60. The van der Waals surface area contributed by atoms with Gasteiger partial charge in [-0.05, 0) is 48.9 Å². The molecule has 0 bridgehead atoms. The smallest absolute Gasteiger partial charge is 0.335 e. The van der Waals surface area contributed by atoms with Crippen LogP contribution in [-0.4, -0.2) is 31.1 Å². The van der Waals surface area contributed by atoms with Crippen LogP contribution in [0.3, 0.4) is 0 Å². The summed E-state index contributed by atoms with van der Waals surface area (Å²) in [6, 6.07) is 23.9. The Hall–Kier alpha value is -4.49. The molecule has 2 aromatic heterocycles. The Bertz CT molecular complexity index is 1550. The van der Waals surface area contributed by atoms with E-state index in [1.54, 1.807) is 41.3 Å². The summed E-state index contributed by atoms with van der Waals surface area (Å²) in [7, 11) is 0. The minimum absolute atomic E-state index is 0.222. The SMILES string of the molecule is Cc1cc(-c2cccc(OCc3ccccc3Cl)c2)ncc1-n1cc(-c2ccc(C(=O)O)cc2)nn1. The molecule has 0 aliphatic rings. The van der Waals surface area contributed by atoms with Gasteiger partial charge in [-0.3, -0.25) is 4.98 Å². The van der Waals surface area contributed by atoms with E-state index in [1.807, 2.05) is 61.5 Å². The van der Waals surface area contributed by atoms with E-state index in [-0.39, 0.29) is 5.56 Å². The van der Waals surface area contributed by atoms with E-state index in [4.69, 9.17) is 21.4 Å². The number of aromatic carboxylic acids is 1. The summed E-state index contributed by atoms with van der Waals surface area (Å²) in [5.41, 5.74) is 6.07. The van der Waals surface area contributed by atoms with Gasteiger partial charge in [0.05, 0.1) is 29.3 Å². The largest absolute Gasteiger partial charge is 0.489 e. The number of nitrogens with zero attached hydrogens (tertiary/aromatic N) is 4. The summed E-state index contributed by atoms with van der Waals surface area (Å²) in [6.45, 7) is 2.36. The fourth-order valence-corrected chi connectivity index (χ4v) is 3.96. The van der Waals surface area contributed by atoms with Gasteiger partial charge in [0.25, 0.3) is 0 Å². The third kappa shape index (κ3) is 4.96. The number of pyridine rings is 1. The van der Waals surface area contributed by atoms with Crippen molar-refractivity contribution in [2.24, 2.45) is 0 Å². The molecule has 0 spiro atoms. The van der Waals surface area contributed by atoms with Crippen LogP contribution in [-0.2, 0) is 6.61 Å². The van der Waals surface area contributed by atoms with Crippen LogP contribution in [0.2, 0.25) is 5.02 Å². The van der Waals surface area contributed by atoms with E-state index in [2.05, 4.69) is 15.3 Å². The lowest BCUT2D eigenvalue weighted by Crippen LogP contribution is -2.00. The highest BCUT2D eigenvalue weighted by Crippen LogP contribution is 2.27. The highest BCUT2D eigenvalue weighted by molar-refractivity contribution is 6.31. The molecule has 5 aromatic rings. The molecule has 0 radical (unpaired) electrons. The lowest BCUT2D eigenvalue weighted by molar-refractivity contribution is 0.0697. The molecule has 0 unspecified atom stereocenters. The average Bonchev–Trinajstić information content (AvgIpc) is 3.38. The Morgan fingerprint density at radius 3 is 2.53 bits per heavy atom. The highest BCUT2D eigenvalue weighted by Gasteiger charge is 2.11. The molecule has 0 saturated carbocycles. The summed E-state index contributed by atoms with van der Waals surface area (Å²) < 4.78 is 7.62. The van der Waals surface area contributed by atoms with Crippen LogP contribution in [0.25, 0.3) is 28.2 Å². The first-order chi connectivity index (χ1) is 17.5. The lowest BCUT2D eigenvalue weighted by atomic mass is 10.1. The maximum atomic E-state index is 11.1. The molecule has 5 rings (SSSR count). The number of benzene rings is 3. The fourth-order valence-electron chi connectivity index (χ4n) is 3.77. The number of hydrogen-bond donors (Lipinski definition) is 1. The molecule has 0 aliphatic heterocycles. The number of aromatic nitrogens is 4. The first kappa shape index (κ1) is 23.3. The van der Waals surface area contributed by atoms with Crippen molar-refractivity contribution in [3.8, 4) is 34.0 Å². The molecule has 0 amide bonds. The third-order valence-corrected chi connectivity index (χ3v) is 6.10. The quantitative estimate of drug-likeness (QED) is 0.287. The van der Waals surface area contributed by atoms with E-state index < -0.39 is 5.97 Å². The Balaban J connectivity index is 1.34. The Labute approximate surface area is 212 Å². The molecule has 3 aromatic carbocycles. The van der Waals surface area contributed by atoms with E-state index in [9.17, 15) is 4.79 Å². The topological polar surface area (TPSA) is 90.1 Å². The first-order valence-electron chi connectivity index (χ1n) is 11.2. The van der Waals surface area contributed by atoms with Crippen LogP contribution < -0.4 is 4.74 Å². The van der Waals surface area contributed by atoms with Gasteiger partial charge >= 0.3 is 5.97 Å². The van der Waals surface area contributed by atoms with Crippen molar-refractivity contribution >= 4 is 17.6 Å². The Morgan fingerprint density at radius 2 is 1.78 bits per heavy atom. The fraction of sp³-hybridized carbons (Fsp3) is 0.0714. The Morgan fingerprint density at radius 1 is 0.972 bits per heavy atom. The molecule has 178 valence electrons. The minimum Gasteiger partial charge on any atom is -0.489 e. The van der Waals surface area contributed by atoms with Crippen LogP contribution in [0, 0.1) is 6.92 Å². The highest BCUT2D eigenvalue weighted by atomic mass is 35.5. The van der Waals surface area contributed by atoms with Crippen LogP contribution in [0.15, 0.2) is 91.3 Å². The van der Waals surface area contributed by atoms with Crippen molar-refractivity contribution in [1.82, 2.24) is 20.0 Å². The first-order valence-corrected chi connectivity index (χ1v) is 11.6. The molecule has 0 saturated heterocycles. The molecule has 1 N–H and O–H groups in total.